The normalized spacial score (nSPS) is 22.4. The van der Waals surface area contributed by atoms with Crippen LogP contribution in [-0.4, -0.2) is 19.3 Å². The van der Waals surface area contributed by atoms with Gasteiger partial charge in [0.05, 0.1) is 0 Å². The van der Waals surface area contributed by atoms with Gasteiger partial charge >= 0.3 is 0 Å². The lowest BCUT2D eigenvalue weighted by atomic mass is 9.89. The van der Waals surface area contributed by atoms with Crippen LogP contribution in [0.2, 0.25) is 0 Å². The second-order valence-electron chi connectivity index (χ2n) is 5.02. The number of para-hydroxylation sites is 1. The molecule has 2 aromatic carbocycles. The Morgan fingerprint density at radius 2 is 2.00 bits per heavy atom. The lowest BCUT2D eigenvalue weighted by Crippen LogP contribution is -2.36. The van der Waals surface area contributed by atoms with E-state index >= 15 is 0 Å². The smallest absolute Gasteiger partial charge is 0.135 e. The van der Waals surface area contributed by atoms with Crippen molar-refractivity contribution in [2.75, 3.05) is 13.1 Å². The van der Waals surface area contributed by atoms with Crippen LogP contribution in [0.1, 0.15) is 17.9 Å². The molecule has 103 valence electrons. The molecule has 1 aliphatic rings. The van der Waals surface area contributed by atoms with E-state index in [-0.39, 0.29) is 5.92 Å². The lowest BCUT2D eigenvalue weighted by Gasteiger charge is -2.27. The standard InChI is InChI=1S/C17H17FNO/c18-17-12-19-11-10-16(17)13-6-8-15(9-7-13)20-14-4-2-1-3-5-14/h1-8,16-17,19H,10-12H2/t16-,17-/m1/s1. The average molecular weight is 270 g/mol. The third kappa shape index (κ3) is 2.99. The van der Waals surface area contributed by atoms with Crippen LogP contribution in [-0.2, 0) is 0 Å². The van der Waals surface area contributed by atoms with E-state index in [0.717, 1.165) is 24.3 Å². The SMILES string of the molecule is F[C@@H]1CNCC[C@@H]1c1c[c]c(Oc2ccccc2)cc1. The van der Waals surface area contributed by atoms with E-state index in [4.69, 9.17) is 4.74 Å². The summed E-state index contributed by atoms with van der Waals surface area (Å²) in [5.74, 6) is 1.41. The number of nitrogens with one attached hydrogen (secondary N) is 1. The Balaban J connectivity index is 1.71. The topological polar surface area (TPSA) is 21.3 Å². The van der Waals surface area contributed by atoms with Gasteiger partial charge in [-0.05, 0) is 42.8 Å². The summed E-state index contributed by atoms with van der Waals surface area (Å²) in [7, 11) is 0. The molecule has 2 nitrogen and oxygen atoms in total. The second-order valence-corrected chi connectivity index (χ2v) is 5.02. The monoisotopic (exact) mass is 270 g/mol. The highest BCUT2D eigenvalue weighted by molar-refractivity contribution is 5.33. The van der Waals surface area contributed by atoms with Crippen LogP contribution in [0, 0.1) is 6.07 Å². The van der Waals surface area contributed by atoms with Crippen molar-refractivity contribution < 1.29 is 9.13 Å². The van der Waals surface area contributed by atoms with E-state index in [1.165, 1.54) is 0 Å². The fraction of sp³-hybridized carbons (Fsp3) is 0.294. The second kappa shape index (κ2) is 6.06. The number of benzene rings is 2. The van der Waals surface area contributed by atoms with E-state index in [1.807, 2.05) is 48.5 Å². The van der Waals surface area contributed by atoms with Crippen molar-refractivity contribution in [3.05, 3.63) is 60.2 Å². The Morgan fingerprint density at radius 1 is 1.15 bits per heavy atom. The van der Waals surface area contributed by atoms with Crippen LogP contribution < -0.4 is 10.1 Å². The zero-order valence-electron chi connectivity index (χ0n) is 11.2. The first-order chi connectivity index (χ1) is 9.83. The summed E-state index contributed by atoms with van der Waals surface area (Å²) in [5.41, 5.74) is 0.999. The summed E-state index contributed by atoms with van der Waals surface area (Å²) in [5, 5.41) is 3.07. The van der Waals surface area contributed by atoms with Crippen molar-refractivity contribution in [1.82, 2.24) is 5.32 Å². The highest BCUT2D eigenvalue weighted by Gasteiger charge is 2.25. The van der Waals surface area contributed by atoms with Crippen molar-refractivity contribution in [2.45, 2.75) is 18.5 Å². The maximum atomic E-state index is 13.9. The molecule has 0 amide bonds. The van der Waals surface area contributed by atoms with Crippen LogP contribution in [0.25, 0.3) is 0 Å². The molecule has 1 fully saturated rings. The molecule has 2 aromatic rings. The van der Waals surface area contributed by atoms with Crippen molar-refractivity contribution in [3.63, 3.8) is 0 Å². The van der Waals surface area contributed by atoms with E-state index < -0.39 is 6.17 Å². The molecule has 1 N–H and O–H groups in total. The molecular weight excluding hydrogens is 253 g/mol. The summed E-state index contributed by atoms with van der Waals surface area (Å²) >= 11 is 0. The first-order valence-electron chi connectivity index (χ1n) is 6.92. The maximum Gasteiger partial charge on any atom is 0.135 e. The summed E-state index contributed by atoms with van der Waals surface area (Å²) in [6, 6.07) is 18.3. The van der Waals surface area contributed by atoms with Gasteiger partial charge in [-0.1, -0.05) is 24.3 Å². The number of piperidine rings is 1. The maximum absolute atomic E-state index is 13.9. The zero-order valence-corrected chi connectivity index (χ0v) is 11.2. The Morgan fingerprint density at radius 3 is 2.70 bits per heavy atom. The van der Waals surface area contributed by atoms with Crippen molar-refractivity contribution in [2.24, 2.45) is 0 Å². The van der Waals surface area contributed by atoms with Crippen LogP contribution in [0.5, 0.6) is 11.5 Å². The highest BCUT2D eigenvalue weighted by Crippen LogP contribution is 2.29. The summed E-state index contributed by atoms with van der Waals surface area (Å²) < 4.78 is 19.6. The molecule has 3 heteroatoms. The molecule has 1 saturated heterocycles. The van der Waals surface area contributed by atoms with Gasteiger partial charge in [0, 0.05) is 18.5 Å². The van der Waals surface area contributed by atoms with Gasteiger partial charge in [-0.3, -0.25) is 0 Å². The van der Waals surface area contributed by atoms with Gasteiger partial charge in [0.25, 0.3) is 0 Å². The number of halogens is 1. The van der Waals surface area contributed by atoms with Crippen molar-refractivity contribution in [1.29, 1.82) is 0 Å². The van der Waals surface area contributed by atoms with Crippen LogP contribution in [0.4, 0.5) is 4.39 Å². The van der Waals surface area contributed by atoms with Crippen molar-refractivity contribution >= 4 is 0 Å². The van der Waals surface area contributed by atoms with Gasteiger partial charge in [-0.2, -0.15) is 0 Å². The zero-order chi connectivity index (χ0) is 13.8. The molecule has 0 unspecified atom stereocenters. The molecular formula is C17H17FNO. The third-order valence-electron chi connectivity index (χ3n) is 3.62. The molecule has 20 heavy (non-hydrogen) atoms. The number of hydrogen-bond acceptors (Lipinski definition) is 2. The predicted octanol–water partition coefficient (Wildman–Crippen LogP) is 3.69. The van der Waals surface area contributed by atoms with E-state index in [2.05, 4.69) is 11.4 Å². The largest absolute Gasteiger partial charge is 0.457 e. The van der Waals surface area contributed by atoms with Gasteiger partial charge in [-0.15, -0.1) is 0 Å². The Hall–Kier alpha value is -1.87. The van der Waals surface area contributed by atoms with Gasteiger partial charge in [0.1, 0.15) is 17.7 Å². The fourth-order valence-corrected chi connectivity index (χ4v) is 2.53. The van der Waals surface area contributed by atoms with Gasteiger partial charge < -0.3 is 10.1 Å². The highest BCUT2D eigenvalue weighted by atomic mass is 19.1. The molecule has 0 bridgehead atoms. The summed E-state index contributed by atoms with van der Waals surface area (Å²) in [6.45, 7) is 1.31. The van der Waals surface area contributed by atoms with Crippen molar-refractivity contribution in [3.8, 4) is 11.5 Å². The molecule has 0 aliphatic carbocycles. The number of ether oxygens (including phenoxy) is 1. The average Bonchev–Trinajstić information content (AvgIpc) is 2.50. The molecule has 0 spiro atoms. The van der Waals surface area contributed by atoms with E-state index in [0.29, 0.717) is 12.3 Å². The summed E-state index contributed by atoms with van der Waals surface area (Å²) in [6.07, 6.45) is 0.00602. The Labute approximate surface area is 118 Å². The predicted molar refractivity (Wildman–Crippen MR) is 76.9 cm³/mol. The quantitative estimate of drug-likeness (QED) is 0.918. The van der Waals surface area contributed by atoms with Crippen LogP contribution in [0.3, 0.4) is 0 Å². The molecule has 1 heterocycles. The molecule has 3 rings (SSSR count). The van der Waals surface area contributed by atoms with Crippen LogP contribution in [0.15, 0.2) is 48.5 Å². The third-order valence-corrected chi connectivity index (χ3v) is 3.62. The molecule has 0 saturated carbocycles. The minimum absolute atomic E-state index is 0.0294. The fourth-order valence-electron chi connectivity index (χ4n) is 2.53. The number of rotatable bonds is 3. The number of alkyl halides is 1. The first kappa shape index (κ1) is 13.1. The van der Waals surface area contributed by atoms with E-state index in [9.17, 15) is 4.39 Å². The minimum Gasteiger partial charge on any atom is -0.457 e. The summed E-state index contributed by atoms with van der Waals surface area (Å²) in [4.78, 5) is 0. The number of hydrogen-bond donors (Lipinski definition) is 1. The molecule has 1 radical (unpaired) electrons. The Kier molecular flexibility index (Phi) is 3.97. The van der Waals surface area contributed by atoms with Gasteiger partial charge in [0.15, 0.2) is 0 Å². The van der Waals surface area contributed by atoms with Gasteiger partial charge in [0.2, 0.25) is 0 Å². The molecule has 0 aromatic heterocycles. The van der Waals surface area contributed by atoms with Gasteiger partial charge in [-0.25, -0.2) is 4.39 Å². The Bertz CT molecular complexity index is 541. The van der Waals surface area contributed by atoms with Crippen LogP contribution >= 0.6 is 0 Å². The first-order valence-corrected chi connectivity index (χ1v) is 6.92. The minimum atomic E-state index is -0.821. The van der Waals surface area contributed by atoms with E-state index in [1.54, 1.807) is 0 Å². The molecule has 1 aliphatic heterocycles. The molecule has 2 atom stereocenters. The lowest BCUT2D eigenvalue weighted by molar-refractivity contribution is 0.231.